The molecule has 2 aromatic carbocycles. The van der Waals surface area contributed by atoms with Crippen LogP contribution < -0.4 is 14.8 Å². The van der Waals surface area contributed by atoms with Crippen LogP contribution in [0.4, 0.5) is 8.78 Å². The zero-order valence-electron chi connectivity index (χ0n) is 16.5. The largest absolute Gasteiger partial charge is 0.497 e. The summed E-state index contributed by atoms with van der Waals surface area (Å²) in [6.45, 7) is 2.03. The Hall–Kier alpha value is -2.67. The van der Waals surface area contributed by atoms with Gasteiger partial charge in [0.2, 0.25) is 0 Å². The van der Waals surface area contributed by atoms with Crippen LogP contribution >= 0.6 is 0 Å². The molecule has 1 aliphatic rings. The normalized spacial score (nSPS) is 15.6. The maximum Gasteiger partial charge on any atom is 0.258 e. The van der Waals surface area contributed by atoms with Crippen molar-refractivity contribution in [1.82, 2.24) is 10.2 Å². The van der Waals surface area contributed by atoms with Crippen molar-refractivity contribution in [3.05, 3.63) is 59.7 Å². The Kier molecular flexibility index (Phi) is 7.41. The number of hydrogen-bond acceptors (Lipinski definition) is 4. The monoisotopic (exact) mass is 404 g/mol. The van der Waals surface area contributed by atoms with Gasteiger partial charge in [0.1, 0.15) is 11.6 Å². The molecule has 7 heteroatoms. The summed E-state index contributed by atoms with van der Waals surface area (Å²) < 4.78 is 37.0. The number of piperidine rings is 1. The van der Waals surface area contributed by atoms with Gasteiger partial charge in [-0.1, -0.05) is 18.6 Å². The summed E-state index contributed by atoms with van der Waals surface area (Å²) in [4.78, 5) is 14.6. The molecule has 1 N–H and O–H groups in total. The lowest BCUT2D eigenvalue weighted by Gasteiger charge is -2.35. The first kappa shape index (κ1) is 21.0. The van der Waals surface area contributed by atoms with Gasteiger partial charge in [-0.15, -0.1) is 0 Å². The molecule has 3 rings (SSSR count). The van der Waals surface area contributed by atoms with Gasteiger partial charge in [-0.05, 0) is 55.8 Å². The average molecular weight is 404 g/mol. The zero-order chi connectivity index (χ0) is 20.6. The van der Waals surface area contributed by atoms with Gasteiger partial charge in [0.05, 0.1) is 13.2 Å². The highest BCUT2D eigenvalue weighted by atomic mass is 19.1. The van der Waals surface area contributed by atoms with Crippen molar-refractivity contribution < 1.29 is 23.0 Å². The highest BCUT2D eigenvalue weighted by molar-refractivity contribution is 5.77. The smallest absolute Gasteiger partial charge is 0.258 e. The predicted octanol–water partition coefficient (Wildman–Crippen LogP) is 3.70. The summed E-state index contributed by atoms with van der Waals surface area (Å²) >= 11 is 0. The van der Waals surface area contributed by atoms with Crippen LogP contribution in [-0.4, -0.2) is 44.2 Å². The fourth-order valence-corrected chi connectivity index (χ4v) is 3.51. The van der Waals surface area contributed by atoms with Crippen molar-refractivity contribution in [2.45, 2.75) is 25.3 Å². The summed E-state index contributed by atoms with van der Waals surface area (Å²) in [6.07, 6.45) is 3.48. The second kappa shape index (κ2) is 10.2. The topological polar surface area (TPSA) is 50.8 Å². The Labute approximate surface area is 169 Å². The molecular weight excluding hydrogens is 378 g/mol. The van der Waals surface area contributed by atoms with Gasteiger partial charge in [0.15, 0.2) is 18.2 Å². The van der Waals surface area contributed by atoms with Crippen LogP contribution in [0.2, 0.25) is 0 Å². The Balaban J connectivity index is 1.60. The van der Waals surface area contributed by atoms with Gasteiger partial charge in [-0.3, -0.25) is 9.69 Å². The van der Waals surface area contributed by atoms with E-state index in [1.807, 2.05) is 24.3 Å². The molecule has 1 unspecified atom stereocenters. The molecule has 0 spiro atoms. The lowest BCUT2D eigenvalue weighted by molar-refractivity contribution is -0.123. The summed E-state index contributed by atoms with van der Waals surface area (Å²) in [7, 11) is 1.63. The van der Waals surface area contributed by atoms with Crippen LogP contribution in [0, 0.1) is 11.6 Å². The number of nitrogens with zero attached hydrogens (tertiary/aromatic N) is 1. The lowest BCUT2D eigenvalue weighted by Crippen LogP contribution is -2.41. The SMILES string of the molecule is COc1ccc(C(CNC(=O)COc2ccc(F)cc2F)N2CCCCC2)cc1. The van der Waals surface area contributed by atoms with Gasteiger partial charge in [0.25, 0.3) is 5.91 Å². The molecule has 2 aromatic rings. The number of carbonyl (C=O) groups excluding carboxylic acids is 1. The van der Waals surface area contributed by atoms with E-state index in [1.54, 1.807) is 7.11 Å². The number of likely N-dealkylation sites (tertiary alicyclic amines) is 1. The Bertz CT molecular complexity index is 808. The van der Waals surface area contributed by atoms with Crippen LogP contribution in [0.1, 0.15) is 30.9 Å². The number of rotatable bonds is 8. The van der Waals surface area contributed by atoms with Crippen molar-refractivity contribution in [2.24, 2.45) is 0 Å². The number of halogens is 2. The number of hydrogen-bond donors (Lipinski definition) is 1. The Morgan fingerprint density at radius 2 is 1.83 bits per heavy atom. The van der Waals surface area contributed by atoms with Crippen molar-refractivity contribution in [2.75, 3.05) is 33.4 Å². The predicted molar refractivity (Wildman–Crippen MR) is 106 cm³/mol. The van der Waals surface area contributed by atoms with Gasteiger partial charge in [0, 0.05) is 12.6 Å². The van der Waals surface area contributed by atoms with Crippen LogP contribution in [0.3, 0.4) is 0 Å². The maximum atomic E-state index is 13.6. The third-order valence-corrected chi connectivity index (χ3v) is 5.08. The number of methoxy groups -OCH3 is 1. The zero-order valence-corrected chi connectivity index (χ0v) is 16.5. The van der Waals surface area contributed by atoms with Crippen molar-refractivity contribution in [3.63, 3.8) is 0 Å². The first-order valence-corrected chi connectivity index (χ1v) is 9.79. The van der Waals surface area contributed by atoms with Crippen LogP contribution in [-0.2, 0) is 4.79 Å². The molecule has 1 heterocycles. The first-order chi connectivity index (χ1) is 14.1. The second-order valence-electron chi connectivity index (χ2n) is 7.05. The van der Waals surface area contributed by atoms with E-state index in [2.05, 4.69) is 10.2 Å². The third kappa shape index (κ3) is 5.90. The Morgan fingerprint density at radius 3 is 2.48 bits per heavy atom. The molecule has 5 nitrogen and oxygen atoms in total. The number of carbonyl (C=O) groups is 1. The molecule has 1 atom stereocenters. The van der Waals surface area contributed by atoms with E-state index >= 15 is 0 Å². The van der Waals surface area contributed by atoms with Crippen LogP contribution in [0.5, 0.6) is 11.5 Å². The van der Waals surface area contributed by atoms with E-state index in [9.17, 15) is 13.6 Å². The minimum atomic E-state index is -0.831. The molecule has 1 amide bonds. The molecule has 1 fully saturated rings. The van der Waals surface area contributed by atoms with E-state index in [0.29, 0.717) is 6.54 Å². The summed E-state index contributed by atoms with van der Waals surface area (Å²) in [6, 6.07) is 10.9. The molecule has 0 bridgehead atoms. The Morgan fingerprint density at radius 1 is 1.10 bits per heavy atom. The van der Waals surface area contributed by atoms with Crippen molar-refractivity contribution in [1.29, 1.82) is 0 Å². The van der Waals surface area contributed by atoms with E-state index in [4.69, 9.17) is 9.47 Å². The number of nitrogens with one attached hydrogen (secondary N) is 1. The second-order valence-corrected chi connectivity index (χ2v) is 7.05. The van der Waals surface area contributed by atoms with E-state index < -0.39 is 11.6 Å². The minimum Gasteiger partial charge on any atom is -0.497 e. The van der Waals surface area contributed by atoms with Crippen molar-refractivity contribution >= 4 is 5.91 Å². The number of benzene rings is 2. The van der Waals surface area contributed by atoms with E-state index in [-0.39, 0.29) is 24.3 Å². The molecule has 156 valence electrons. The molecule has 0 radical (unpaired) electrons. The van der Waals surface area contributed by atoms with Gasteiger partial charge in [-0.2, -0.15) is 0 Å². The molecule has 0 aromatic heterocycles. The molecule has 1 saturated heterocycles. The highest BCUT2D eigenvalue weighted by Crippen LogP contribution is 2.26. The van der Waals surface area contributed by atoms with Crippen LogP contribution in [0.25, 0.3) is 0 Å². The average Bonchev–Trinajstić information content (AvgIpc) is 2.74. The molecule has 1 aliphatic heterocycles. The third-order valence-electron chi connectivity index (χ3n) is 5.08. The van der Waals surface area contributed by atoms with Gasteiger partial charge in [-0.25, -0.2) is 8.78 Å². The summed E-state index contributed by atoms with van der Waals surface area (Å²) in [5.41, 5.74) is 1.10. The van der Waals surface area contributed by atoms with Crippen molar-refractivity contribution in [3.8, 4) is 11.5 Å². The minimum absolute atomic E-state index is 0.0349. The number of amides is 1. The molecular formula is C22H26F2N2O3. The fraction of sp³-hybridized carbons (Fsp3) is 0.409. The quantitative estimate of drug-likeness (QED) is 0.729. The van der Waals surface area contributed by atoms with E-state index in [1.165, 1.54) is 12.5 Å². The molecule has 0 saturated carbocycles. The lowest BCUT2D eigenvalue weighted by atomic mass is 10.0. The fourth-order valence-electron chi connectivity index (χ4n) is 3.51. The highest BCUT2D eigenvalue weighted by Gasteiger charge is 2.23. The van der Waals surface area contributed by atoms with Crippen LogP contribution in [0.15, 0.2) is 42.5 Å². The van der Waals surface area contributed by atoms with Gasteiger partial charge >= 0.3 is 0 Å². The standard InChI is InChI=1S/C22H26F2N2O3/c1-28-18-8-5-16(6-9-18)20(26-11-3-2-4-12-26)14-25-22(27)15-29-21-10-7-17(23)13-19(21)24/h5-10,13,20H,2-4,11-12,14-15H2,1H3,(H,25,27). The molecule has 29 heavy (non-hydrogen) atoms. The first-order valence-electron chi connectivity index (χ1n) is 9.79. The van der Waals surface area contributed by atoms with Gasteiger partial charge < -0.3 is 14.8 Å². The molecule has 0 aliphatic carbocycles. The maximum absolute atomic E-state index is 13.6. The van der Waals surface area contributed by atoms with E-state index in [0.717, 1.165) is 49.4 Å². The number of ether oxygens (including phenoxy) is 2. The summed E-state index contributed by atoms with van der Waals surface area (Å²) in [5, 5.41) is 2.87. The summed E-state index contributed by atoms with van der Waals surface area (Å²) in [5.74, 6) is -1.25.